The second-order valence-electron chi connectivity index (χ2n) is 7.04. The van der Waals surface area contributed by atoms with Crippen LogP contribution in [0.4, 0.5) is 4.79 Å². The monoisotopic (exact) mass is 402 g/mol. The summed E-state index contributed by atoms with van der Waals surface area (Å²) in [5.41, 5.74) is 6.24. The van der Waals surface area contributed by atoms with Gasteiger partial charge in [0.25, 0.3) is 0 Å². The van der Waals surface area contributed by atoms with Crippen molar-refractivity contribution in [1.29, 1.82) is 0 Å². The number of rotatable bonds is 8. The van der Waals surface area contributed by atoms with Gasteiger partial charge >= 0.3 is 6.09 Å². The molecule has 1 heterocycles. The van der Waals surface area contributed by atoms with Crippen molar-refractivity contribution < 1.29 is 28.9 Å². The van der Waals surface area contributed by atoms with Crippen LogP contribution in [0.5, 0.6) is 5.75 Å². The van der Waals surface area contributed by atoms with Gasteiger partial charge in [-0.3, -0.25) is 9.69 Å². The number of carbonyl (C=O) groups excluding carboxylic acids is 1. The van der Waals surface area contributed by atoms with Gasteiger partial charge in [-0.1, -0.05) is 24.3 Å². The predicted octanol–water partition coefficient (Wildman–Crippen LogP) is 2.55. The molecule has 1 aliphatic rings. The summed E-state index contributed by atoms with van der Waals surface area (Å²) < 4.78 is 17.0. The van der Waals surface area contributed by atoms with Crippen LogP contribution in [0.3, 0.4) is 0 Å². The molecule has 0 atom stereocenters. The Labute approximate surface area is 169 Å². The lowest BCUT2D eigenvalue weighted by molar-refractivity contribution is -0.190. The standard InChI is InChI=1S/C21H26N2O6/c1-27-16-7-8-18-14(10-16)4-2-5-17(18)15-12-28-20(29-13-15)6-3-9-23(21(25)26)11-19(22)24/h2,4-5,7-8,10,15,20H,3,6,9,11-13H2,1H3,(H2,22,24)(H,25,26). The highest BCUT2D eigenvalue weighted by Gasteiger charge is 2.25. The Morgan fingerprint density at radius 1 is 1.24 bits per heavy atom. The first kappa shape index (κ1) is 20.9. The average molecular weight is 402 g/mol. The molecule has 0 unspecified atom stereocenters. The molecule has 2 aromatic rings. The van der Waals surface area contributed by atoms with Crippen molar-refractivity contribution in [3.63, 3.8) is 0 Å². The number of methoxy groups -OCH3 is 1. The Morgan fingerprint density at radius 2 is 2.00 bits per heavy atom. The minimum atomic E-state index is -1.16. The lowest BCUT2D eigenvalue weighted by atomic mass is 9.94. The van der Waals surface area contributed by atoms with Crippen molar-refractivity contribution in [3.05, 3.63) is 42.0 Å². The fourth-order valence-corrected chi connectivity index (χ4v) is 3.54. The summed E-state index contributed by atoms with van der Waals surface area (Å²) in [5, 5.41) is 11.3. The maximum Gasteiger partial charge on any atom is 0.407 e. The summed E-state index contributed by atoms with van der Waals surface area (Å²) in [7, 11) is 1.65. The number of nitrogens with zero attached hydrogens (tertiary/aromatic N) is 1. The largest absolute Gasteiger partial charge is 0.497 e. The van der Waals surface area contributed by atoms with Crippen LogP contribution in [0.1, 0.15) is 24.3 Å². The van der Waals surface area contributed by atoms with Crippen molar-refractivity contribution >= 4 is 22.8 Å². The molecular formula is C21H26N2O6. The Bertz CT molecular complexity index is 863. The summed E-state index contributed by atoms with van der Waals surface area (Å²) in [5.74, 6) is 0.263. The first-order chi connectivity index (χ1) is 14.0. The Kier molecular flexibility index (Phi) is 6.90. The van der Waals surface area contributed by atoms with Crippen LogP contribution in [0.2, 0.25) is 0 Å². The van der Waals surface area contributed by atoms with Crippen molar-refractivity contribution in [2.75, 3.05) is 33.4 Å². The van der Waals surface area contributed by atoms with Crippen molar-refractivity contribution in [3.8, 4) is 5.75 Å². The first-order valence-electron chi connectivity index (χ1n) is 9.54. The van der Waals surface area contributed by atoms with Gasteiger partial charge in [0, 0.05) is 18.9 Å². The number of ether oxygens (including phenoxy) is 3. The van der Waals surface area contributed by atoms with Crippen molar-refractivity contribution in [2.45, 2.75) is 25.0 Å². The third-order valence-electron chi connectivity index (χ3n) is 5.01. The number of primary amides is 1. The molecule has 0 aromatic heterocycles. The fraction of sp³-hybridized carbons (Fsp3) is 0.429. The molecule has 0 saturated carbocycles. The predicted molar refractivity (Wildman–Crippen MR) is 107 cm³/mol. The molecule has 1 saturated heterocycles. The number of benzene rings is 2. The van der Waals surface area contributed by atoms with Crippen molar-refractivity contribution in [2.24, 2.45) is 5.73 Å². The Morgan fingerprint density at radius 3 is 2.66 bits per heavy atom. The summed E-state index contributed by atoms with van der Waals surface area (Å²) in [6.45, 7) is 0.950. The van der Waals surface area contributed by atoms with E-state index in [1.54, 1.807) is 7.11 Å². The summed E-state index contributed by atoms with van der Waals surface area (Å²) >= 11 is 0. The highest BCUT2D eigenvalue weighted by Crippen LogP contribution is 2.31. The van der Waals surface area contributed by atoms with E-state index in [0.717, 1.165) is 21.4 Å². The Hall–Kier alpha value is -2.84. The minimum absolute atomic E-state index is 0.119. The third-order valence-corrected chi connectivity index (χ3v) is 5.01. The zero-order valence-electron chi connectivity index (χ0n) is 16.4. The third kappa shape index (κ3) is 5.36. The highest BCUT2D eigenvalue weighted by molar-refractivity contribution is 5.87. The quantitative estimate of drug-likeness (QED) is 0.702. The maximum atomic E-state index is 11.1. The van der Waals surface area contributed by atoms with E-state index in [9.17, 15) is 9.59 Å². The zero-order chi connectivity index (χ0) is 20.8. The average Bonchev–Trinajstić information content (AvgIpc) is 2.72. The molecule has 156 valence electrons. The molecule has 3 rings (SSSR count). The smallest absolute Gasteiger partial charge is 0.407 e. The molecule has 1 fully saturated rings. The van der Waals surface area contributed by atoms with E-state index in [4.69, 9.17) is 25.1 Å². The molecule has 0 radical (unpaired) electrons. The zero-order valence-corrected chi connectivity index (χ0v) is 16.4. The molecule has 2 aromatic carbocycles. The van der Waals surface area contributed by atoms with Gasteiger partial charge in [0.05, 0.1) is 20.3 Å². The van der Waals surface area contributed by atoms with E-state index < -0.39 is 12.0 Å². The van der Waals surface area contributed by atoms with Gasteiger partial charge in [-0.25, -0.2) is 4.79 Å². The van der Waals surface area contributed by atoms with E-state index in [1.165, 1.54) is 5.56 Å². The van der Waals surface area contributed by atoms with Gasteiger partial charge in [-0.15, -0.1) is 0 Å². The van der Waals surface area contributed by atoms with E-state index in [0.29, 0.717) is 26.1 Å². The van der Waals surface area contributed by atoms with Gasteiger partial charge in [-0.2, -0.15) is 0 Å². The van der Waals surface area contributed by atoms with Crippen LogP contribution in [-0.4, -0.2) is 61.7 Å². The molecule has 0 spiro atoms. The van der Waals surface area contributed by atoms with Crippen LogP contribution in [-0.2, 0) is 14.3 Å². The Balaban J connectivity index is 1.54. The first-order valence-corrected chi connectivity index (χ1v) is 9.54. The molecule has 29 heavy (non-hydrogen) atoms. The summed E-state index contributed by atoms with van der Waals surface area (Å²) in [4.78, 5) is 23.1. The lowest BCUT2D eigenvalue weighted by Crippen LogP contribution is -2.38. The van der Waals surface area contributed by atoms with Crippen LogP contribution < -0.4 is 10.5 Å². The molecule has 8 heteroatoms. The van der Waals surface area contributed by atoms with E-state index in [-0.39, 0.29) is 25.3 Å². The number of carboxylic acid groups (broad SMARTS) is 1. The lowest BCUT2D eigenvalue weighted by Gasteiger charge is -2.30. The molecule has 0 aliphatic carbocycles. The van der Waals surface area contributed by atoms with Gasteiger partial charge in [-0.05, 0) is 34.9 Å². The van der Waals surface area contributed by atoms with Gasteiger partial charge < -0.3 is 25.1 Å². The van der Waals surface area contributed by atoms with Gasteiger partial charge in [0.1, 0.15) is 12.3 Å². The second kappa shape index (κ2) is 9.58. The SMILES string of the molecule is COc1ccc2c(C3COC(CCCN(CC(N)=O)C(=O)O)OC3)cccc2c1. The molecule has 3 N–H and O–H groups in total. The molecule has 0 bridgehead atoms. The number of amides is 2. The number of hydrogen-bond donors (Lipinski definition) is 2. The number of hydrogen-bond acceptors (Lipinski definition) is 5. The van der Waals surface area contributed by atoms with E-state index in [1.807, 2.05) is 18.2 Å². The number of carbonyl (C=O) groups is 2. The molecular weight excluding hydrogens is 376 g/mol. The second-order valence-corrected chi connectivity index (χ2v) is 7.04. The molecule has 2 amide bonds. The normalized spacial score (nSPS) is 19.1. The van der Waals surface area contributed by atoms with Crippen LogP contribution in [0, 0.1) is 0 Å². The van der Waals surface area contributed by atoms with Crippen LogP contribution in [0.25, 0.3) is 10.8 Å². The maximum absolute atomic E-state index is 11.1. The topological polar surface area (TPSA) is 111 Å². The highest BCUT2D eigenvalue weighted by atomic mass is 16.7. The van der Waals surface area contributed by atoms with E-state index >= 15 is 0 Å². The summed E-state index contributed by atoms with van der Waals surface area (Å²) in [6, 6.07) is 12.2. The molecule has 1 aliphatic heterocycles. The van der Waals surface area contributed by atoms with Crippen LogP contribution in [0.15, 0.2) is 36.4 Å². The van der Waals surface area contributed by atoms with Crippen LogP contribution >= 0.6 is 0 Å². The minimum Gasteiger partial charge on any atom is -0.497 e. The number of nitrogens with two attached hydrogens (primary N) is 1. The van der Waals surface area contributed by atoms with Gasteiger partial charge in [0.15, 0.2) is 6.29 Å². The van der Waals surface area contributed by atoms with E-state index in [2.05, 4.69) is 18.2 Å². The molecule has 8 nitrogen and oxygen atoms in total. The van der Waals surface area contributed by atoms with Crippen molar-refractivity contribution in [1.82, 2.24) is 4.90 Å². The van der Waals surface area contributed by atoms with Gasteiger partial charge in [0.2, 0.25) is 5.91 Å². The summed E-state index contributed by atoms with van der Waals surface area (Å²) in [6.07, 6.45) is -0.488. The fourth-order valence-electron chi connectivity index (χ4n) is 3.54. The number of fused-ring (bicyclic) bond motifs is 1.